The van der Waals surface area contributed by atoms with Crippen molar-refractivity contribution in [3.8, 4) is 0 Å². The van der Waals surface area contributed by atoms with Crippen molar-refractivity contribution in [2.24, 2.45) is 0 Å². The van der Waals surface area contributed by atoms with Gasteiger partial charge in [-0.15, -0.1) is 0 Å². The Bertz CT molecular complexity index is 96.7. The molecule has 1 unspecified atom stereocenters. The summed E-state index contributed by atoms with van der Waals surface area (Å²) in [5.41, 5.74) is 0. The van der Waals surface area contributed by atoms with Crippen LogP contribution in [0.1, 0.15) is 39.5 Å². The number of ether oxygens (including phenoxy) is 2. The minimum atomic E-state index is 0.190. The van der Waals surface area contributed by atoms with Gasteiger partial charge >= 0.3 is 0 Å². The summed E-state index contributed by atoms with van der Waals surface area (Å²) in [6.07, 6.45) is 5.10. The molecule has 1 atom stereocenters. The number of epoxide rings is 1. The predicted octanol–water partition coefficient (Wildman–Crippen LogP) is 1.98. The highest BCUT2D eigenvalue weighted by Gasteiger charge is 2.19. The molecule has 1 saturated heterocycles. The van der Waals surface area contributed by atoms with E-state index in [4.69, 9.17) is 9.84 Å². The summed E-state index contributed by atoms with van der Waals surface area (Å²) < 4.78 is 9.92. The molecule has 0 spiro atoms. The molecule has 0 aromatic heterocycles. The van der Waals surface area contributed by atoms with Crippen LogP contribution in [0.4, 0.5) is 0 Å². The highest BCUT2D eigenvalue weighted by molar-refractivity contribution is 4.65. The van der Waals surface area contributed by atoms with Gasteiger partial charge in [-0.3, -0.25) is 0 Å². The maximum absolute atomic E-state index is 8.08. The minimum absolute atomic E-state index is 0.190. The van der Waals surface area contributed by atoms with E-state index in [2.05, 4.69) is 18.6 Å². The maximum atomic E-state index is 8.08. The molecule has 1 fully saturated rings. The van der Waals surface area contributed by atoms with Crippen molar-refractivity contribution in [2.75, 3.05) is 26.4 Å². The first-order chi connectivity index (χ1) is 6.85. The summed E-state index contributed by atoms with van der Waals surface area (Å²) in [5, 5.41) is 8.08. The van der Waals surface area contributed by atoms with Crippen LogP contribution in [0.5, 0.6) is 0 Å². The SMILES string of the molecule is CCCCOCCCC.OCC1CO1. The predicted molar refractivity (Wildman–Crippen MR) is 57.5 cm³/mol. The summed E-state index contributed by atoms with van der Waals surface area (Å²) in [6, 6.07) is 0. The molecule has 14 heavy (non-hydrogen) atoms. The zero-order chi connectivity index (χ0) is 10.6. The molecule has 1 N–H and O–H groups in total. The molecular formula is C11H24O3. The van der Waals surface area contributed by atoms with E-state index >= 15 is 0 Å². The minimum Gasteiger partial charge on any atom is -0.394 e. The smallest absolute Gasteiger partial charge is 0.104 e. The van der Waals surface area contributed by atoms with Crippen molar-refractivity contribution in [2.45, 2.75) is 45.6 Å². The van der Waals surface area contributed by atoms with Crippen molar-refractivity contribution in [1.29, 1.82) is 0 Å². The summed E-state index contributed by atoms with van der Waals surface area (Å²) in [5.74, 6) is 0. The lowest BCUT2D eigenvalue weighted by Crippen LogP contribution is -1.95. The fourth-order valence-corrected chi connectivity index (χ4v) is 0.768. The molecule has 3 nitrogen and oxygen atoms in total. The normalized spacial score (nSPS) is 18.6. The first kappa shape index (κ1) is 13.9. The fourth-order valence-electron chi connectivity index (χ4n) is 0.768. The molecule has 3 heteroatoms. The second kappa shape index (κ2) is 11.0. The molecule has 0 aliphatic carbocycles. The third-order valence-corrected chi connectivity index (χ3v) is 1.89. The number of hydrogen-bond acceptors (Lipinski definition) is 3. The van der Waals surface area contributed by atoms with E-state index in [1.54, 1.807) is 0 Å². The monoisotopic (exact) mass is 204 g/mol. The van der Waals surface area contributed by atoms with E-state index in [-0.39, 0.29) is 12.7 Å². The van der Waals surface area contributed by atoms with Gasteiger partial charge < -0.3 is 14.6 Å². The van der Waals surface area contributed by atoms with Crippen LogP contribution in [-0.2, 0) is 9.47 Å². The quantitative estimate of drug-likeness (QED) is 0.509. The summed E-state index contributed by atoms with van der Waals surface area (Å²) in [4.78, 5) is 0. The van der Waals surface area contributed by atoms with E-state index in [1.165, 1.54) is 25.7 Å². The average Bonchev–Trinajstić information content (AvgIpc) is 3.02. The highest BCUT2D eigenvalue weighted by atomic mass is 16.6. The number of unbranched alkanes of at least 4 members (excludes halogenated alkanes) is 2. The number of aliphatic hydroxyl groups is 1. The summed E-state index contributed by atoms with van der Waals surface area (Å²) >= 11 is 0. The Morgan fingerprint density at radius 2 is 1.71 bits per heavy atom. The second-order valence-corrected chi connectivity index (χ2v) is 3.46. The van der Waals surface area contributed by atoms with Gasteiger partial charge in [0.1, 0.15) is 6.10 Å². The Kier molecular flexibility index (Phi) is 10.9. The van der Waals surface area contributed by atoms with E-state index in [0.29, 0.717) is 0 Å². The molecule has 1 aliphatic rings. The molecule has 0 aromatic rings. The standard InChI is InChI=1S/C8H18O.C3H6O2/c1-3-5-7-9-8-6-4-2;4-1-3-2-5-3/h3-8H2,1-2H3;3-4H,1-2H2. The first-order valence-corrected chi connectivity index (χ1v) is 5.65. The van der Waals surface area contributed by atoms with Crippen LogP contribution >= 0.6 is 0 Å². The van der Waals surface area contributed by atoms with E-state index in [9.17, 15) is 0 Å². The lowest BCUT2D eigenvalue weighted by atomic mass is 10.3. The van der Waals surface area contributed by atoms with Crippen LogP contribution in [0.3, 0.4) is 0 Å². The van der Waals surface area contributed by atoms with Gasteiger partial charge in [-0.25, -0.2) is 0 Å². The zero-order valence-corrected chi connectivity index (χ0v) is 9.50. The van der Waals surface area contributed by atoms with Gasteiger partial charge in [0.15, 0.2) is 0 Å². The van der Waals surface area contributed by atoms with Gasteiger partial charge in [0, 0.05) is 13.2 Å². The van der Waals surface area contributed by atoms with Crippen LogP contribution in [0.2, 0.25) is 0 Å². The van der Waals surface area contributed by atoms with Gasteiger partial charge in [0.05, 0.1) is 13.2 Å². The van der Waals surface area contributed by atoms with Crippen LogP contribution in [0, 0.1) is 0 Å². The van der Waals surface area contributed by atoms with Gasteiger partial charge in [-0.2, -0.15) is 0 Å². The van der Waals surface area contributed by atoms with Crippen LogP contribution in [-0.4, -0.2) is 37.6 Å². The Morgan fingerprint density at radius 3 is 1.93 bits per heavy atom. The maximum Gasteiger partial charge on any atom is 0.104 e. The highest BCUT2D eigenvalue weighted by Crippen LogP contribution is 2.04. The molecule has 0 radical (unpaired) electrons. The topological polar surface area (TPSA) is 42.0 Å². The van der Waals surface area contributed by atoms with Crippen molar-refractivity contribution in [3.63, 3.8) is 0 Å². The lowest BCUT2D eigenvalue weighted by molar-refractivity contribution is 0.128. The molecule has 86 valence electrons. The number of rotatable bonds is 7. The van der Waals surface area contributed by atoms with E-state index in [1.807, 2.05) is 0 Å². The molecule has 1 heterocycles. The van der Waals surface area contributed by atoms with E-state index in [0.717, 1.165) is 19.8 Å². The lowest BCUT2D eigenvalue weighted by Gasteiger charge is -1.99. The van der Waals surface area contributed by atoms with Crippen LogP contribution < -0.4 is 0 Å². The van der Waals surface area contributed by atoms with Gasteiger partial charge in [-0.1, -0.05) is 26.7 Å². The fraction of sp³-hybridized carbons (Fsp3) is 1.00. The second-order valence-electron chi connectivity index (χ2n) is 3.46. The first-order valence-electron chi connectivity index (χ1n) is 5.65. The largest absolute Gasteiger partial charge is 0.394 e. The zero-order valence-electron chi connectivity index (χ0n) is 9.50. The van der Waals surface area contributed by atoms with E-state index < -0.39 is 0 Å². The molecule has 0 saturated carbocycles. The van der Waals surface area contributed by atoms with Crippen LogP contribution in [0.15, 0.2) is 0 Å². The molecule has 0 amide bonds. The Hall–Kier alpha value is -0.120. The van der Waals surface area contributed by atoms with Crippen molar-refractivity contribution in [3.05, 3.63) is 0 Å². The molecule has 1 aliphatic heterocycles. The van der Waals surface area contributed by atoms with Gasteiger partial charge in [-0.05, 0) is 12.8 Å². The molecular weight excluding hydrogens is 180 g/mol. The summed E-state index contributed by atoms with van der Waals surface area (Å²) in [6.45, 7) is 7.23. The van der Waals surface area contributed by atoms with Crippen molar-refractivity contribution >= 4 is 0 Å². The molecule has 0 bridgehead atoms. The third-order valence-electron chi connectivity index (χ3n) is 1.89. The molecule has 0 aromatic carbocycles. The molecule has 1 rings (SSSR count). The van der Waals surface area contributed by atoms with Crippen LogP contribution in [0.25, 0.3) is 0 Å². The Morgan fingerprint density at radius 1 is 1.21 bits per heavy atom. The van der Waals surface area contributed by atoms with Crippen molar-refractivity contribution < 1.29 is 14.6 Å². The van der Waals surface area contributed by atoms with Gasteiger partial charge in [0.2, 0.25) is 0 Å². The number of aliphatic hydroxyl groups excluding tert-OH is 1. The Labute approximate surface area is 87.4 Å². The average molecular weight is 204 g/mol. The Balaban J connectivity index is 0.000000280. The van der Waals surface area contributed by atoms with Gasteiger partial charge in [0.25, 0.3) is 0 Å². The van der Waals surface area contributed by atoms with Crippen molar-refractivity contribution in [1.82, 2.24) is 0 Å². The third kappa shape index (κ3) is 11.9. The summed E-state index contributed by atoms with van der Waals surface area (Å²) in [7, 11) is 0. The number of hydrogen-bond donors (Lipinski definition) is 1.